The fourth-order valence-electron chi connectivity index (χ4n) is 1.83. The fraction of sp³-hybridized carbons (Fsp3) is 0.200. The van der Waals surface area contributed by atoms with Crippen LogP contribution in [0, 0.1) is 0 Å². The van der Waals surface area contributed by atoms with Gasteiger partial charge in [0.2, 0.25) is 0 Å². The lowest BCUT2D eigenvalue weighted by atomic mass is 10.0. The molecule has 0 atom stereocenters. The van der Waals surface area contributed by atoms with Gasteiger partial charge < -0.3 is 4.74 Å². The molecule has 0 aliphatic carbocycles. The third-order valence-corrected chi connectivity index (χ3v) is 3.81. The van der Waals surface area contributed by atoms with Crippen LogP contribution >= 0.6 is 27.5 Å². The van der Waals surface area contributed by atoms with E-state index >= 15 is 0 Å². The summed E-state index contributed by atoms with van der Waals surface area (Å²) in [5, 5.41) is 0.793. The maximum Gasteiger partial charge on any atom is 0.120 e. The molecule has 0 saturated heterocycles. The first-order valence-corrected chi connectivity index (χ1v) is 6.93. The van der Waals surface area contributed by atoms with Crippen molar-refractivity contribution in [3.05, 3.63) is 63.1 Å². The molecule has 18 heavy (non-hydrogen) atoms. The molecule has 0 amide bonds. The number of benzene rings is 2. The lowest BCUT2D eigenvalue weighted by Gasteiger charge is -2.07. The summed E-state index contributed by atoms with van der Waals surface area (Å²) in [7, 11) is 1.67. The number of ether oxygens (including phenoxy) is 1. The summed E-state index contributed by atoms with van der Waals surface area (Å²) < 4.78 is 6.27. The molecule has 0 aromatic heterocycles. The summed E-state index contributed by atoms with van der Waals surface area (Å²) in [5.74, 6) is 0.869. The van der Waals surface area contributed by atoms with Crippen molar-refractivity contribution >= 4 is 27.5 Å². The number of halogens is 2. The maximum absolute atomic E-state index is 5.97. The highest BCUT2D eigenvalue weighted by atomic mass is 79.9. The highest BCUT2D eigenvalue weighted by Gasteiger charge is 2.03. The Hall–Kier alpha value is -0.990. The highest BCUT2D eigenvalue weighted by Crippen LogP contribution is 2.24. The molecule has 0 aliphatic heterocycles. The van der Waals surface area contributed by atoms with Crippen LogP contribution in [0.4, 0.5) is 0 Å². The van der Waals surface area contributed by atoms with Gasteiger partial charge in [-0.25, -0.2) is 0 Å². The Morgan fingerprint density at radius 1 is 1.11 bits per heavy atom. The lowest BCUT2D eigenvalue weighted by molar-refractivity contribution is 0.414. The SMILES string of the molecule is COc1ccc(CCc2cccc(Cl)c2)c(Br)c1. The predicted molar refractivity (Wildman–Crippen MR) is 79.6 cm³/mol. The van der Waals surface area contributed by atoms with E-state index in [0.29, 0.717) is 0 Å². The van der Waals surface area contributed by atoms with Crippen LogP contribution in [0.2, 0.25) is 5.02 Å². The largest absolute Gasteiger partial charge is 0.497 e. The fourth-order valence-corrected chi connectivity index (χ4v) is 2.60. The monoisotopic (exact) mass is 324 g/mol. The molecule has 94 valence electrons. The van der Waals surface area contributed by atoms with Crippen LogP contribution < -0.4 is 4.74 Å². The smallest absolute Gasteiger partial charge is 0.120 e. The first kappa shape index (κ1) is 13.4. The van der Waals surface area contributed by atoms with E-state index < -0.39 is 0 Å². The first-order chi connectivity index (χ1) is 8.69. The first-order valence-electron chi connectivity index (χ1n) is 5.76. The van der Waals surface area contributed by atoms with Crippen molar-refractivity contribution in [3.63, 3.8) is 0 Å². The van der Waals surface area contributed by atoms with Crippen molar-refractivity contribution in [2.45, 2.75) is 12.8 Å². The Bertz CT molecular complexity index is 540. The van der Waals surface area contributed by atoms with Crippen LogP contribution in [0.15, 0.2) is 46.9 Å². The molecule has 3 heteroatoms. The summed E-state index contributed by atoms with van der Waals surface area (Å²) in [5.41, 5.74) is 2.53. The minimum Gasteiger partial charge on any atom is -0.497 e. The van der Waals surface area contributed by atoms with E-state index in [1.54, 1.807) is 7.11 Å². The molecular weight excluding hydrogens is 312 g/mol. The third kappa shape index (κ3) is 3.50. The zero-order valence-electron chi connectivity index (χ0n) is 10.1. The second-order valence-corrected chi connectivity index (χ2v) is 5.38. The molecule has 0 bridgehead atoms. The quantitative estimate of drug-likeness (QED) is 0.777. The van der Waals surface area contributed by atoms with E-state index in [1.165, 1.54) is 11.1 Å². The topological polar surface area (TPSA) is 9.23 Å². The average Bonchev–Trinajstić information content (AvgIpc) is 2.37. The van der Waals surface area contributed by atoms with E-state index in [2.05, 4.69) is 28.1 Å². The molecule has 0 N–H and O–H groups in total. The Kier molecular flexibility index (Phi) is 4.67. The minimum atomic E-state index is 0.793. The van der Waals surface area contributed by atoms with Gasteiger partial charge in [-0.1, -0.05) is 45.7 Å². The lowest BCUT2D eigenvalue weighted by Crippen LogP contribution is -1.93. The van der Waals surface area contributed by atoms with E-state index in [0.717, 1.165) is 28.1 Å². The molecular formula is C15H14BrClO. The van der Waals surface area contributed by atoms with Crippen molar-refractivity contribution in [2.24, 2.45) is 0 Å². The van der Waals surface area contributed by atoms with Gasteiger partial charge in [0, 0.05) is 9.50 Å². The van der Waals surface area contributed by atoms with Gasteiger partial charge in [-0.3, -0.25) is 0 Å². The molecule has 0 aliphatic rings. The van der Waals surface area contributed by atoms with E-state index in [9.17, 15) is 0 Å². The van der Waals surface area contributed by atoms with Gasteiger partial charge in [-0.05, 0) is 48.2 Å². The second-order valence-electron chi connectivity index (χ2n) is 4.09. The molecule has 0 radical (unpaired) electrons. The normalized spacial score (nSPS) is 10.4. The number of aryl methyl sites for hydroxylation is 2. The van der Waals surface area contributed by atoms with Gasteiger partial charge in [0.1, 0.15) is 5.75 Å². The minimum absolute atomic E-state index is 0.793. The van der Waals surface area contributed by atoms with Gasteiger partial charge in [0.25, 0.3) is 0 Å². The standard InChI is InChI=1S/C15H14BrClO/c1-18-14-8-7-12(15(16)10-14)6-5-11-3-2-4-13(17)9-11/h2-4,7-10H,5-6H2,1H3. The maximum atomic E-state index is 5.97. The van der Waals surface area contributed by atoms with Crippen LogP contribution in [0.5, 0.6) is 5.75 Å². The van der Waals surface area contributed by atoms with Gasteiger partial charge in [-0.2, -0.15) is 0 Å². The number of hydrogen-bond donors (Lipinski definition) is 0. The number of hydrogen-bond acceptors (Lipinski definition) is 1. The molecule has 1 nitrogen and oxygen atoms in total. The summed E-state index contributed by atoms with van der Waals surface area (Å²) >= 11 is 9.54. The molecule has 0 unspecified atom stereocenters. The molecule has 2 aromatic rings. The molecule has 0 saturated carbocycles. The van der Waals surface area contributed by atoms with Crippen LogP contribution in [-0.4, -0.2) is 7.11 Å². The van der Waals surface area contributed by atoms with Crippen molar-refractivity contribution in [2.75, 3.05) is 7.11 Å². The zero-order valence-corrected chi connectivity index (χ0v) is 12.5. The number of rotatable bonds is 4. The highest BCUT2D eigenvalue weighted by molar-refractivity contribution is 9.10. The van der Waals surface area contributed by atoms with Gasteiger partial charge >= 0.3 is 0 Å². The molecule has 0 spiro atoms. The molecule has 0 fully saturated rings. The van der Waals surface area contributed by atoms with Crippen LogP contribution in [0.25, 0.3) is 0 Å². The van der Waals surface area contributed by atoms with E-state index in [-0.39, 0.29) is 0 Å². The van der Waals surface area contributed by atoms with Crippen molar-refractivity contribution in [1.29, 1.82) is 0 Å². The van der Waals surface area contributed by atoms with Crippen LogP contribution in [0.1, 0.15) is 11.1 Å². The zero-order chi connectivity index (χ0) is 13.0. The van der Waals surface area contributed by atoms with Crippen LogP contribution in [0.3, 0.4) is 0 Å². The van der Waals surface area contributed by atoms with Crippen LogP contribution in [-0.2, 0) is 12.8 Å². The van der Waals surface area contributed by atoms with Crippen molar-refractivity contribution < 1.29 is 4.74 Å². The van der Waals surface area contributed by atoms with Crippen molar-refractivity contribution in [3.8, 4) is 5.75 Å². The second kappa shape index (κ2) is 6.26. The Balaban J connectivity index is 2.06. The predicted octanol–water partition coefficient (Wildman–Crippen LogP) is 4.90. The summed E-state index contributed by atoms with van der Waals surface area (Å²) in [4.78, 5) is 0. The van der Waals surface area contributed by atoms with E-state index in [4.69, 9.17) is 16.3 Å². The third-order valence-electron chi connectivity index (χ3n) is 2.83. The Labute approximate surface area is 121 Å². The van der Waals surface area contributed by atoms with Gasteiger partial charge in [0.05, 0.1) is 7.11 Å². The average molecular weight is 326 g/mol. The van der Waals surface area contributed by atoms with Gasteiger partial charge in [-0.15, -0.1) is 0 Å². The van der Waals surface area contributed by atoms with E-state index in [1.807, 2.05) is 30.3 Å². The summed E-state index contributed by atoms with van der Waals surface area (Å²) in [6, 6.07) is 14.1. The number of methoxy groups -OCH3 is 1. The molecule has 2 aromatic carbocycles. The Morgan fingerprint density at radius 3 is 2.61 bits per heavy atom. The Morgan fingerprint density at radius 2 is 1.94 bits per heavy atom. The van der Waals surface area contributed by atoms with Crippen molar-refractivity contribution in [1.82, 2.24) is 0 Å². The molecule has 0 heterocycles. The molecule has 2 rings (SSSR count). The summed E-state index contributed by atoms with van der Waals surface area (Å²) in [6.45, 7) is 0. The van der Waals surface area contributed by atoms with Gasteiger partial charge in [0.15, 0.2) is 0 Å². The summed E-state index contributed by atoms with van der Waals surface area (Å²) in [6.07, 6.45) is 1.95.